The van der Waals surface area contributed by atoms with E-state index in [2.05, 4.69) is 25.5 Å². The Morgan fingerprint density at radius 3 is 2.47 bits per heavy atom. The molecule has 3 heterocycles. The number of piperidine rings is 1. The number of nitrogens with one attached hydrogen (secondary N) is 1. The molecule has 2 saturated heterocycles. The molecule has 1 aromatic carbocycles. The van der Waals surface area contributed by atoms with Crippen LogP contribution in [0.15, 0.2) is 29.6 Å². The van der Waals surface area contributed by atoms with E-state index in [-0.39, 0.29) is 17.7 Å². The molecular formula is C23H30ClN5O2S. The molecule has 1 N–H and O–H groups in total. The molecule has 1 aromatic heterocycles. The van der Waals surface area contributed by atoms with Gasteiger partial charge in [-0.3, -0.25) is 19.4 Å². The van der Waals surface area contributed by atoms with Crippen LogP contribution in [0, 0.1) is 12.8 Å². The zero-order valence-corrected chi connectivity index (χ0v) is 20.0. The second kappa shape index (κ2) is 10.7. The maximum Gasteiger partial charge on any atom is 0.238 e. The van der Waals surface area contributed by atoms with E-state index in [1.54, 1.807) is 23.5 Å². The zero-order valence-electron chi connectivity index (χ0n) is 18.4. The second-order valence-corrected chi connectivity index (χ2v) is 10.0. The van der Waals surface area contributed by atoms with Crippen molar-refractivity contribution in [1.82, 2.24) is 19.7 Å². The van der Waals surface area contributed by atoms with E-state index in [1.165, 1.54) is 0 Å². The van der Waals surface area contributed by atoms with Crippen molar-refractivity contribution < 1.29 is 9.59 Å². The van der Waals surface area contributed by atoms with Gasteiger partial charge < -0.3 is 10.2 Å². The number of thiazole rings is 1. The van der Waals surface area contributed by atoms with Crippen LogP contribution in [0.4, 0.5) is 5.69 Å². The Labute approximate surface area is 198 Å². The van der Waals surface area contributed by atoms with Gasteiger partial charge in [0.1, 0.15) is 0 Å². The van der Waals surface area contributed by atoms with Gasteiger partial charge in [-0.05, 0) is 45.0 Å². The zero-order chi connectivity index (χ0) is 22.5. The van der Waals surface area contributed by atoms with Crippen molar-refractivity contribution >= 4 is 40.4 Å². The average molecular weight is 476 g/mol. The maximum absolute atomic E-state index is 13.0. The summed E-state index contributed by atoms with van der Waals surface area (Å²) in [6.07, 6.45) is 1.81. The Kier molecular flexibility index (Phi) is 7.78. The maximum atomic E-state index is 13.0. The van der Waals surface area contributed by atoms with Crippen LogP contribution in [0.25, 0.3) is 0 Å². The quantitative estimate of drug-likeness (QED) is 0.695. The predicted octanol–water partition coefficient (Wildman–Crippen LogP) is 3.10. The van der Waals surface area contributed by atoms with Crippen LogP contribution in [0.2, 0.25) is 5.02 Å². The van der Waals surface area contributed by atoms with E-state index >= 15 is 0 Å². The Morgan fingerprint density at radius 1 is 1.09 bits per heavy atom. The summed E-state index contributed by atoms with van der Waals surface area (Å²) in [5, 5.41) is 6.62. The van der Waals surface area contributed by atoms with Gasteiger partial charge in [-0.15, -0.1) is 11.3 Å². The number of hydrogen-bond donors (Lipinski definition) is 1. The summed E-state index contributed by atoms with van der Waals surface area (Å²) in [4.78, 5) is 36.4. The summed E-state index contributed by atoms with van der Waals surface area (Å²) in [7, 11) is 0. The molecule has 0 saturated carbocycles. The minimum Gasteiger partial charge on any atom is -0.340 e. The highest BCUT2D eigenvalue weighted by Crippen LogP contribution is 2.23. The molecule has 2 aliphatic heterocycles. The predicted molar refractivity (Wildman–Crippen MR) is 128 cm³/mol. The van der Waals surface area contributed by atoms with Crippen molar-refractivity contribution in [3.8, 4) is 0 Å². The topological polar surface area (TPSA) is 68.8 Å². The number of carbonyl (C=O) groups excluding carboxylic acids is 2. The standard InChI is InChI=1S/C23H30ClN5O2S/c1-17-25-19(16-32-17)14-27-8-6-18(7-9-27)23(31)29-12-10-28(11-13-29)15-22(30)26-21-5-3-2-4-20(21)24/h2-5,16,18H,6-15H2,1H3,(H,26,30). The van der Waals surface area contributed by atoms with Gasteiger partial charge in [0.25, 0.3) is 0 Å². The highest BCUT2D eigenvalue weighted by atomic mass is 35.5. The molecule has 4 rings (SSSR count). The Hall–Kier alpha value is -2.00. The summed E-state index contributed by atoms with van der Waals surface area (Å²) in [6, 6.07) is 7.22. The lowest BCUT2D eigenvalue weighted by molar-refractivity contribution is -0.139. The SMILES string of the molecule is Cc1nc(CN2CCC(C(=O)N3CCN(CC(=O)Nc4ccccc4Cl)CC3)CC2)cs1. The van der Waals surface area contributed by atoms with E-state index in [0.29, 0.717) is 43.4 Å². The van der Waals surface area contributed by atoms with Gasteiger partial charge in [-0.1, -0.05) is 23.7 Å². The van der Waals surface area contributed by atoms with Crippen molar-refractivity contribution in [2.75, 3.05) is 51.1 Å². The van der Waals surface area contributed by atoms with Crippen LogP contribution in [0.3, 0.4) is 0 Å². The van der Waals surface area contributed by atoms with Gasteiger partial charge >= 0.3 is 0 Å². The number of likely N-dealkylation sites (tertiary alicyclic amines) is 1. The number of piperazine rings is 1. The van der Waals surface area contributed by atoms with E-state index < -0.39 is 0 Å². The average Bonchev–Trinajstić information content (AvgIpc) is 3.20. The number of amides is 2. The third-order valence-corrected chi connectivity index (χ3v) is 7.34. The molecule has 0 unspecified atom stereocenters. The van der Waals surface area contributed by atoms with Crippen LogP contribution in [0.1, 0.15) is 23.5 Å². The van der Waals surface area contributed by atoms with Crippen LogP contribution < -0.4 is 5.32 Å². The highest BCUT2D eigenvalue weighted by Gasteiger charge is 2.31. The number of nitrogens with zero attached hydrogens (tertiary/aromatic N) is 4. The Balaban J connectivity index is 1.18. The van der Waals surface area contributed by atoms with Gasteiger partial charge in [0.05, 0.1) is 28.0 Å². The molecule has 2 amide bonds. The van der Waals surface area contributed by atoms with Crippen molar-refractivity contribution in [2.45, 2.75) is 26.3 Å². The van der Waals surface area contributed by atoms with Gasteiger partial charge in [-0.2, -0.15) is 0 Å². The molecule has 2 fully saturated rings. The number of para-hydroxylation sites is 1. The number of rotatable bonds is 6. The molecule has 0 spiro atoms. The number of hydrogen-bond acceptors (Lipinski definition) is 6. The molecule has 2 aromatic rings. The number of anilines is 1. The second-order valence-electron chi connectivity index (χ2n) is 8.54. The van der Waals surface area contributed by atoms with E-state index in [1.807, 2.05) is 24.0 Å². The first-order valence-electron chi connectivity index (χ1n) is 11.2. The third-order valence-electron chi connectivity index (χ3n) is 6.19. The fourth-order valence-corrected chi connectivity index (χ4v) is 5.17. The number of aromatic nitrogens is 1. The molecule has 0 aliphatic carbocycles. The minimum absolute atomic E-state index is 0.0828. The van der Waals surface area contributed by atoms with Crippen LogP contribution in [0.5, 0.6) is 0 Å². The molecule has 0 bridgehead atoms. The van der Waals surface area contributed by atoms with Gasteiger partial charge in [0, 0.05) is 44.0 Å². The van der Waals surface area contributed by atoms with Gasteiger partial charge in [-0.25, -0.2) is 4.98 Å². The van der Waals surface area contributed by atoms with Crippen molar-refractivity contribution in [1.29, 1.82) is 0 Å². The van der Waals surface area contributed by atoms with Gasteiger partial charge in [0.15, 0.2) is 0 Å². The monoisotopic (exact) mass is 475 g/mol. The molecule has 32 heavy (non-hydrogen) atoms. The van der Waals surface area contributed by atoms with Gasteiger partial charge in [0.2, 0.25) is 11.8 Å². The summed E-state index contributed by atoms with van der Waals surface area (Å²) >= 11 is 7.80. The van der Waals surface area contributed by atoms with E-state index in [4.69, 9.17) is 11.6 Å². The van der Waals surface area contributed by atoms with Crippen LogP contribution >= 0.6 is 22.9 Å². The molecule has 0 atom stereocenters. The van der Waals surface area contributed by atoms with Crippen molar-refractivity contribution in [2.24, 2.45) is 5.92 Å². The lowest BCUT2D eigenvalue weighted by atomic mass is 9.95. The first kappa shape index (κ1) is 23.2. The smallest absolute Gasteiger partial charge is 0.238 e. The minimum atomic E-state index is -0.0828. The molecular weight excluding hydrogens is 446 g/mol. The molecule has 172 valence electrons. The third kappa shape index (κ3) is 6.07. The van der Waals surface area contributed by atoms with E-state index in [0.717, 1.165) is 43.2 Å². The van der Waals surface area contributed by atoms with Crippen LogP contribution in [-0.4, -0.2) is 77.3 Å². The summed E-state index contributed by atoms with van der Waals surface area (Å²) < 4.78 is 0. The lowest BCUT2D eigenvalue weighted by Gasteiger charge is -2.38. The van der Waals surface area contributed by atoms with Crippen molar-refractivity contribution in [3.63, 3.8) is 0 Å². The van der Waals surface area contributed by atoms with E-state index in [9.17, 15) is 9.59 Å². The van der Waals surface area contributed by atoms with Crippen molar-refractivity contribution in [3.05, 3.63) is 45.4 Å². The largest absolute Gasteiger partial charge is 0.340 e. The number of halogens is 1. The summed E-state index contributed by atoms with van der Waals surface area (Å²) in [5.41, 5.74) is 1.76. The molecule has 7 nitrogen and oxygen atoms in total. The number of benzene rings is 1. The summed E-state index contributed by atoms with van der Waals surface area (Å²) in [5.74, 6) is 0.299. The first-order chi connectivity index (χ1) is 15.5. The molecule has 0 radical (unpaired) electrons. The number of aryl methyl sites for hydroxylation is 1. The Morgan fingerprint density at radius 2 is 1.81 bits per heavy atom. The molecule has 9 heteroatoms. The van der Waals surface area contributed by atoms with Crippen LogP contribution in [-0.2, 0) is 16.1 Å². The normalized spacial score (nSPS) is 18.6. The summed E-state index contributed by atoms with van der Waals surface area (Å²) in [6.45, 7) is 7.87. The highest BCUT2D eigenvalue weighted by molar-refractivity contribution is 7.09. The number of carbonyl (C=O) groups is 2. The first-order valence-corrected chi connectivity index (χ1v) is 12.4. The fraction of sp³-hybridized carbons (Fsp3) is 0.522. The Bertz CT molecular complexity index is 936. The molecule has 2 aliphatic rings. The fourth-order valence-electron chi connectivity index (χ4n) is 4.39. The lowest BCUT2D eigenvalue weighted by Crippen LogP contribution is -2.52.